The third-order valence-electron chi connectivity index (χ3n) is 2.85. The monoisotopic (exact) mass is 270 g/mol. The molecule has 0 saturated carbocycles. The van der Waals surface area contributed by atoms with Crippen LogP contribution in [0.1, 0.15) is 11.1 Å². The van der Waals surface area contributed by atoms with Crippen LogP contribution in [0.4, 0.5) is 0 Å². The first-order valence-electron chi connectivity index (χ1n) is 6.33. The molecule has 1 aromatic carbocycles. The molecule has 0 saturated heterocycles. The molecule has 0 aliphatic rings. The van der Waals surface area contributed by atoms with Gasteiger partial charge in [0.15, 0.2) is 6.29 Å². The average Bonchev–Trinajstić information content (AvgIpc) is 2.78. The summed E-state index contributed by atoms with van der Waals surface area (Å²) in [5.74, 6) is 0. The van der Waals surface area contributed by atoms with Crippen molar-refractivity contribution in [2.24, 2.45) is 12.1 Å². The Bertz CT molecular complexity index is 638. The first-order valence-corrected chi connectivity index (χ1v) is 6.33. The van der Waals surface area contributed by atoms with Crippen LogP contribution in [0.15, 0.2) is 35.6 Å². The summed E-state index contributed by atoms with van der Waals surface area (Å²) in [5, 5.41) is 10.3. The zero-order valence-electron chi connectivity index (χ0n) is 12.2. The molecule has 5 nitrogen and oxygen atoms in total. The highest BCUT2D eigenvalue weighted by atomic mass is 16.1. The minimum absolute atomic E-state index is 0.374. The fraction of sp³-hybridized carbons (Fsp3) is 0.267. The Morgan fingerprint density at radius 1 is 1.30 bits per heavy atom. The number of carbonyl (C=O) groups excluding carboxylic acids is 1. The van der Waals surface area contributed by atoms with Gasteiger partial charge in [-0.05, 0) is 6.92 Å². The van der Waals surface area contributed by atoms with Crippen molar-refractivity contribution < 1.29 is 4.79 Å². The molecule has 0 fully saturated rings. The number of rotatable bonds is 4. The number of hydrogen-bond acceptors (Lipinski definition) is 4. The number of aryl methyl sites for hydroxylation is 2. The van der Waals surface area contributed by atoms with Gasteiger partial charge in [-0.3, -0.25) is 9.48 Å². The first kappa shape index (κ1) is 14.0. The van der Waals surface area contributed by atoms with Crippen molar-refractivity contribution in [3.8, 4) is 11.3 Å². The van der Waals surface area contributed by atoms with E-state index in [-0.39, 0.29) is 0 Å². The molecule has 0 atom stereocenters. The van der Waals surface area contributed by atoms with Gasteiger partial charge in [0, 0.05) is 32.9 Å². The van der Waals surface area contributed by atoms with Crippen LogP contribution < -0.4 is 0 Å². The second-order valence-electron chi connectivity index (χ2n) is 4.88. The Kier molecular flexibility index (Phi) is 3.98. The lowest BCUT2D eigenvalue weighted by molar-refractivity contribution is -0.102. The standard InChI is InChI=1S/C15H18N4O/c1-11-5-7-12(8-6-11)15-13(9-19(4)17-15)14(10-20)16-18(2)3/h5-10H,1-4H3/b16-14-. The fourth-order valence-electron chi connectivity index (χ4n) is 1.96. The maximum absolute atomic E-state index is 11.3. The summed E-state index contributed by atoms with van der Waals surface area (Å²) < 4.78 is 1.69. The van der Waals surface area contributed by atoms with Gasteiger partial charge in [-0.1, -0.05) is 29.8 Å². The Morgan fingerprint density at radius 2 is 1.95 bits per heavy atom. The van der Waals surface area contributed by atoms with E-state index in [1.165, 1.54) is 5.56 Å². The SMILES string of the molecule is Cc1ccc(-c2nn(C)cc2/C(C=O)=N\N(C)C)cc1. The van der Waals surface area contributed by atoms with Gasteiger partial charge >= 0.3 is 0 Å². The predicted molar refractivity (Wildman–Crippen MR) is 79.7 cm³/mol. The minimum Gasteiger partial charge on any atom is -0.302 e. The third kappa shape index (κ3) is 2.93. The van der Waals surface area contributed by atoms with Gasteiger partial charge in [-0.15, -0.1) is 0 Å². The highest BCUT2D eigenvalue weighted by Crippen LogP contribution is 2.22. The van der Waals surface area contributed by atoms with Crippen LogP contribution in [0.2, 0.25) is 0 Å². The normalized spacial score (nSPS) is 11.5. The molecular weight excluding hydrogens is 252 g/mol. The van der Waals surface area contributed by atoms with Gasteiger partial charge < -0.3 is 5.01 Å². The Hall–Kier alpha value is -2.43. The number of nitrogens with zero attached hydrogens (tertiary/aromatic N) is 4. The molecule has 0 unspecified atom stereocenters. The van der Waals surface area contributed by atoms with Crippen LogP contribution in [-0.4, -0.2) is 40.9 Å². The van der Waals surface area contributed by atoms with Gasteiger partial charge in [-0.25, -0.2) is 0 Å². The van der Waals surface area contributed by atoms with Crippen LogP contribution in [0.25, 0.3) is 11.3 Å². The smallest absolute Gasteiger partial charge is 0.170 e. The van der Waals surface area contributed by atoms with Crippen molar-refractivity contribution in [2.45, 2.75) is 6.92 Å². The molecule has 0 aliphatic heterocycles. The molecule has 0 N–H and O–H groups in total. The molecule has 0 amide bonds. The molecule has 0 aliphatic carbocycles. The Morgan fingerprint density at radius 3 is 2.50 bits per heavy atom. The van der Waals surface area contributed by atoms with Crippen LogP contribution in [0, 0.1) is 6.92 Å². The van der Waals surface area contributed by atoms with E-state index in [9.17, 15) is 4.79 Å². The lowest BCUT2D eigenvalue weighted by Gasteiger charge is -2.06. The maximum Gasteiger partial charge on any atom is 0.170 e. The molecule has 2 aromatic rings. The molecule has 0 spiro atoms. The summed E-state index contributed by atoms with van der Waals surface area (Å²) in [4.78, 5) is 11.3. The molecule has 0 bridgehead atoms. The summed E-state index contributed by atoms with van der Waals surface area (Å²) >= 11 is 0. The maximum atomic E-state index is 11.3. The van der Waals surface area contributed by atoms with Crippen molar-refractivity contribution in [2.75, 3.05) is 14.1 Å². The van der Waals surface area contributed by atoms with E-state index >= 15 is 0 Å². The van der Waals surface area contributed by atoms with Crippen molar-refractivity contribution in [1.29, 1.82) is 0 Å². The summed E-state index contributed by atoms with van der Waals surface area (Å²) in [6, 6.07) is 8.05. The Labute approximate surface area is 118 Å². The number of hydrazone groups is 1. The van der Waals surface area contributed by atoms with E-state index in [1.54, 1.807) is 23.8 Å². The highest BCUT2D eigenvalue weighted by Gasteiger charge is 2.15. The quantitative estimate of drug-likeness (QED) is 0.484. The zero-order valence-corrected chi connectivity index (χ0v) is 12.2. The average molecular weight is 270 g/mol. The molecule has 104 valence electrons. The van der Waals surface area contributed by atoms with E-state index in [4.69, 9.17) is 0 Å². The second-order valence-corrected chi connectivity index (χ2v) is 4.88. The first-order chi connectivity index (χ1) is 9.51. The van der Waals surface area contributed by atoms with Gasteiger partial charge in [0.1, 0.15) is 11.4 Å². The topological polar surface area (TPSA) is 50.5 Å². The summed E-state index contributed by atoms with van der Waals surface area (Å²) in [6.45, 7) is 2.04. The summed E-state index contributed by atoms with van der Waals surface area (Å²) in [5.41, 5.74) is 4.03. The van der Waals surface area contributed by atoms with Gasteiger partial charge in [0.05, 0.1) is 5.56 Å². The van der Waals surface area contributed by atoms with Crippen LogP contribution in [0.5, 0.6) is 0 Å². The lowest BCUT2D eigenvalue weighted by Crippen LogP contribution is -2.11. The van der Waals surface area contributed by atoms with Crippen molar-refractivity contribution in [3.63, 3.8) is 0 Å². The summed E-state index contributed by atoms with van der Waals surface area (Å²) in [6.07, 6.45) is 2.57. The van der Waals surface area contributed by atoms with Gasteiger partial charge in [0.2, 0.25) is 0 Å². The molecule has 1 aromatic heterocycles. The van der Waals surface area contributed by atoms with Crippen LogP contribution >= 0.6 is 0 Å². The van der Waals surface area contributed by atoms with E-state index in [0.717, 1.165) is 23.1 Å². The van der Waals surface area contributed by atoms with E-state index in [2.05, 4.69) is 10.2 Å². The number of aromatic nitrogens is 2. The van der Waals surface area contributed by atoms with Crippen molar-refractivity contribution in [3.05, 3.63) is 41.6 Å². The molecule has 2 rings (SSSR count). The fourth-order valence-corrected chi connectivity index (χ4v) is 1.96. The molecular formula is C15H18N4O. The zero-order chi connectivity index (χ0) is 14.7. The predicted octanol–water partition coefficient (Wildman–Crippen LogP) is 1.86. The Balaban J connectivity index is 2.55. The van der Waals surface area contributed by atoms with Gasteiger partial charge in [0.25, 0.3) is 0 Å². The number of benzene rings is 1. The molecule has 5 heteroatoms. The molecule has 20 heavy (non-hydrogen) atoms. The molecule has 1 heterocycles. The van der Waals surface area contributed by atoms with E-state index in [0.29, 0.717) is 5.71 Å². The number of carbonyl (C=O) groups is 1. The van der Waals surface area contributed by atoms with Crippen LogP contribution in [0.3, 0.4) is 0 Å². The third-order valence-corrected chi connectivity index (χ3v) is 2.85. The highest BCUT2D eigenvalue weighted by molar-refractivity contribution is 6.37. The van der Waals surface area contributed by atoms with Crippen LogP contribution in [-0.2, 0) is 11.8 Å². The number of hydrogen-bond donors (Lipinski definition) is 0. The number of aldehydes is 1. The molecule has 0 radical (unpaired) electrons. The van der Waals surface area contributed by atoms with Crippen molar-refractivity contribution in [1.82, 2.24) is 14.8 Å². The van der Waals surface area contributed by atoms with E-state index in [1.807, 2.05) is 44.4 Å². The lowest BCUT2D eigenvalue weighted by atomic mass is 10.0. The summed E-state index contributed by atoms with van der Waals surface area (Å²) in [7, 11) is 5.40. The second kappa shape index (κ2) is 5.69. The van der Waals surface area contributed by atoms with Crippen molar-refractivity contribution >= 4 is 12.0 Å². The van der Waals surface area contributed by atoms with E-state index < -0.39 is 0 Å². The largest absolute Gasteiger partial charge is 0.302 e. The van der Waals surface area contributed by atoms with Gasteiger partial charge in [-0.2, -0.15) is 10.2 Å². The minimum atomic E-state index is 0.374.